The van der Waals surface area contributed by atoms with Crippen molar-refractivity contribution in [2.75, 3.05) is 59.8 Å². The third-order valence-corrected chi connectivity index (χ3v) is 11.7. The second-order valence-corrected chi connectivity index (χ2v) is 15.6. The Labute approximate surface area is 286 Å². The summed E-state index contributed by atoms with van der Waals surface area (Å²) in [5.41, 5.74) is 4.26. The summed E-state index contributed by atoms with van der Waals surface area (Å²) in [4.78, 5) is 33.3. The summed E-state index contributed by atoms with van der Waals surface area (Å²) < 4.78 is 6.04. The molecule has 2 aromatic rings. The molecular weight excluding hydrogens is 606 g/mol. The van der Waals surface area contributed by atoms with Crippen LogP contribution in [0.5, 0.6) is 5.75 Å². The van der Waals surface area contributed by atoms with Gasteiger partial charge in [-0.2, -0.15) is 0 Å². The molecule has 264 valence electrons. The quantitative estimate of drug-likeness (QED) is 0.273. The minimum Gasteiger partial charge on any atom is -0.496 e. The lowest BCUT2D eigenvalue weighted by molar-refractivity contribution is -0.139. The Morgan fingerprint density at radius 1 is 1.12 bits per heavy atom. The van der Waals surface area contributed by atoms with E-state index in [4.69, 9.17) is 4.74 Å². The zero-order chi connectivity index (χ0) is 35.1. The highest BCUT2D eigenvalue weighted by molar-refractivity contribution is 5.97. The van der Waals surface area contributed by atoms with Gasteiger partial charge in [0, 0.05) is 74.6 Å². The molecule has 0 radical (unpaired) electrons. The van der Waals surface area contributed by atoms with Crippen molar-refractivity contribution in [1.82, 2.24) is 20.4 Å². The van der Waals surface area contributed by atoms with Gasteiger partial charge in [0.15, 0.2) is 0 Å². The standard InChI is InChI=1S/C38H57N5O5/c1-22-30-18-27(38(30,3)4)19-31(22)40-37(47)34-33(23(2)44)32(45)21-43(34)20-24-11-10-12-29(35(24)48-9)25-15-26(17-28(16-25)42(7)8)36(46)39-13-14-41(5)6/h10-12,15-17,22-23,27,30-34,44-45H,13-14,18-21H2,1-9H3,(H,39,46)(H,40,47)/t22-,23-,27+,30-,31?,32-,33+,34-/m0/s1. The largest absolute Gasteiger partial charge is 0.496 e. The number of fused-ring (bicyclic) bond motifs is 2. The predicted molar refractivity (Wildman–Crippen MR) is 190 cm³/mol. The maximum absolute atomic E-state index is 14.1. The summed E-state index contributed by atoms with van der Waals surface area (Å²) >= 11 is 0. The van der Waals surface area contributed by atoms with E-state index in [1.807, 2.05) is 79.3 Å². The molecule has 6 rings (SSSR count). The molecule has 4 fully saturated rings. The molecule has 2 bridgehead atoms. The third-order valence-electron chi connectivity index (χ3n) is 11.7. The fourth-order valence-electron chi connectivity index (χ4n) is 8.67. The van der Waals surface area contributed by atoms with Crippen molar-refractivity contribution in [2.24, 2.45) is 29.1 Å². The number of aliphatic hydroxyl groups excluding tert-OH is 2. The second kappa shape index (κ2) is 14.4. The van der Waals surface area contributed by atoms with Gasteiger partial charge in [0.25, 0.3) is 5.91 Å². The van der Waals surface area contributed by atoms with Crippen molar-refractivity contribution < 1.29 is 24.5 Å². The van der Waals surface area contributed by atoms with Gasteiger partial charge in [0.1, 0.15) is 5.75 Å². The number of hydrogen-bond acceptors (Lipinski definition) is 8. The van der Waals surface area contributed by atoms with Gasteiger partial charge in [0.2, 0.25) is 5.91 Å². The summed E-state index contributed by atoms with van der Waals surface area (Å²) in [6, 6.07) is 11.1. The number of nitrogens with one attached hydrogen (secondary N) is 2. The van der Waals surface area contributed by atoms with Gasteiger partial charge in [-0.25, -0.2) is 0 Å². The molecule has 0 aromatic heterocycles. The van der Waals surface area contributed by atoms with E-state index < -0.39 is 24.2 Å². The monoisotopic (exact) mass is 663 g/mol. The van der Waals surface area contributed by atoms with Crippen LogP contribution in [0.15, 0.2) is 36.4 Å². The number of likely N-dealkylation sites (tertiary alicyclic amines) is 1. The van der Waals surface area contributed by atoms with Gasteiger partial charge in [-0.15, -0.1) is 0 Å². The van der Waals surface area contributed by atoms with Crippen molar-refractivity contribution in [3.05, 3.63) is 47.5 Å². The molecule has 4 N–H and O–H groups in total. The number of β-amino-alcohol motifs (C(OH)–C–C–N with tert-alkyl or cyclic N) is 1. The van der Waals surface area contributed by atoms with Gasteiger partial charge in [-0.1, -0.05) is 39.0 Å². The van der Waals surface area contributed by atoms with E-state index in [-0.39, 0.29) is 24.4 Å². The summed E-state index contributed by atoms with van der Waals surface area (Å²) in [6.07, 6.45) is 0.474. The number of para-hydroxylation sites is 1. The lowest BCUT2D eigenvalue weighted by atomic mass is 9.45. The molecular formula is C38H57N5O5. The van der Waals surface area contributed by atoms with Gasteiger partial charge < -0.3 is 35.4 Å². The first-order valence-electron chi connectivity index (χ1n) is 17.5. The molecule has 1 heterocycles. The van der Waals surface area contributed by atoms with E-state index >= 15 is 0 Å². The molecule has 10 heteroatoms. The number of carbonyl (C=O) groups is 2. The van der Waals surface area contributed by atoms with E-state index in [0.29, 0.717) is 47.6 Å². The topological polar surface area (TPSA) is 118 Å². The number of amides is 2. The summed E-state index contributed by atoms with van der Waals surface area (Å²) in [5, 5.41) is 28.3. The van der Waals surface area contributed by atoms with Crippen molar-refractivity contribution in [3.63, 3.8) is 0 Å². The van der Waals surface area contributed by atoms with Crippen LogP contribution in [0.1, 0.15) is 56.5 Å². The molecule has 0 spiro atoms. The fourth-order valence-corrected chi connectivity index (χ4v) is 8.67. The molecule has 48 heavy (non-hydrogen) atoms. The van der Waals surface area contributed by atoms with Crippen molar-refractivity contribution in [1.29, 1.82) is 0 Å². The SMILES string of the molecule is COc1c(CN2C[C@H](O)[C@@H]([C@H](C)O)[C@H]2C(=O)NC2C[C@H]3C[C@@H]([C@@H]2C)C3(C)C)cccc1-c1cc(C(=O)NCCN(C)C)cc(N(C)C)c1. The van der Waals surface area contributed by atoms with E-state index in [2.05, 4.69) is 31.4 Å². The maximum Gasteiger partial charge on any atom is 0.251 e. The van der Waals surface area contributed by atoms with Gasteiger partial charge in [-0.3, -0.25) is 14.5 Å². The zero-order valence-corrected chi connectivity index (χ0v) is 30.3. The van der Waals surface area contributed by atoms with E-state index in [1.165, 1.54) is 6.42 Å². The van der Waals surface area contributed by atoms with Crippen LogP contribution in [0.2, 0.25) is 0 Å². The summed E-state index contributed by atoms with van der Waals surface area (Å²) in [6.45, 7) is 10.5. The Hall–Kier alpha value is -3.18. The first kappa shape index (κ1) is 36.1. The minimum atomic E-state index is -0.860. The molecule has 3 aliphatic carbocycles. The molecule has 2 amide bonds. The number of rotatable bonds is 12. The lowest BCUT2D eigenvalue weighted by Gasteiger charge is -2.62. The molecule has 8 atom stereocenters. The Bertz CT molecular complexity index is 1480. The maximum atomic E-state index is 14.1. The number of ether oxygens (including phenoxy) is 1. The summed E-state index contributed by atoms with van der Waals surface area (Å²) in [7, 11) is 9.46. The zero-order valence-electron chi connectivity index (χ0n) is 30.3. The minimum absolute atomic E-state index is 0.0830. The number of aliphatic hydroxyl groups is 2. The van der Waals surface area contributed by atoms with Crippen LogP contribution in [-0.4, -0.2) is 111 Å². The molecule has 1 aliphatic heterocycles. The number of benzene rings is 2. The Kier molecular flexibility index (Phi) is 10.8. The van der Waals surface area contributed by atoms with Crippen LogP contribution in [0.3, 0.4) is 0 Å². The van der Waals surface area contributed by atoms with Crippen LogP contribution in [0, 0.1) is 29.1 Å². The van der Waals surface area contributed by atoms with Crippen LogP contribution in [0.25, 0.3) is 11.1 Å². The van der Waals surface area contributed by atoms with Crippen LogP contribution >= 0.6 is 0 Å². The summed E-state index contributed by atoms with van der Waals surface area (Å²) in [5.74, 6) is 1.31. The normalized spacial score (nSPS) is 28.5. The van der Waals surface area contributed by atoms with Gasteiger partial charge >= 0.3 is 0 Å². The first-order chi connectivity index (χ1) is 22.6. The number of hydrogen-bond donors (Lipinski definition) is 4. The van der Waals surface area contributed by atoms with Crippen LogP contribution in [0.4, 0.5) is 5.69 Å². The third kappa shape index (κ3) is 7.08. The molecule has 1 saturated heterocycles. The molecule has 10 nitrogen and oxygen atoms in total. The number of nitrogens with zero attached hydrogens (tertiary/aromatic N) is 3. The molecule has 4 aliphatic rings. The first-order valence-corrected chi connectivity index (χ1v) is 17.5. The van der Waals surface area contributed by atoms with E-state index in [0.717, 1.165) is 35.3 Å². The van der Waals surface area contributed by atoms with E-state index in [9.17, 15) is 19.8 Å². The second-order valence-electron chi connectivity index (χ2n) is 15.6. The number of likely N-dealkylation sites (N-methyl/N-ethyl adjacent to an activating group) is 1. The fraction of sp³-hybridized carbons (Fsp3) is 0.632. The van der Waals surface area contributed by atoms with E-state index in [1.54, 1.807) is 14.0 Å². The average molecular weight is 664 g/mol. The Morgan fingerprint density at radius 2 is 1.85 bits per heavy atom. The van der Waals surface area contributed by atoms with Gasteiger partial charge in [0.05, 0.1) is 25.4 Å². The molecule has 2 aromatic carbocycles. The van der Waals surface area contributed by atoms with Crippen molar-refractivity contribution in [3.8, 4) is 16.9 Å². The number of methoxy groups -OCH3 is 1. The number of carbonyl (C=O) groups excluding carboxylic acids is 2. The van der Waals surface area contributed by atoms with Crippen molar-refractivity contribution in [2.45, 2.75) is 71.4 Å². The smallest absolute Gasteiger partial charge is 0.251 e. The Morgan fingerprint density at radius 3 is 2.46 bits per heavy atom. The highest BCUT2D eigenvalue weighted by Crippen LogP contribution is 2.61. The average Bonchev–Trinajstić information content (AvgIpc) is 3.36. The number of anilines is 1. The van der Waals surface area contributed by atoms with Crippen LogP contribution < -0.4 is 20.3 Å². The van der Waals surface area contributed by atoms with Crippen molar-refractivity contribution >= 4 is 17.5 Å². The predicted octanol–water partition coefficient (Wildman–Crippen LogP) is 3.45. The molecule has 3 saturated carbocycles. The van der Waals surface area contributed by atoms with Crippen LogP contribution in [-0.2, 0) is 11.3 Å². The highest BCUT2D eigenvalue weighted by Gasteiger charge is 2.57. The Balaban J connectivity index is 1.42. The lowest BCUT2D eigenvalue weighted by Crippen LogP contribution is -2.62. The molecule has 1 unspecified atom stereocenters. The van der Waals surface area contributed by atoms with Gasteiger partial charge in [-0.05, 0) is 80.8 Å². The highest BCUT2D eigenvalue weighted by atomic mass is 16.5.